The Hall–Kier alpha value is -2.30. The third-order valence-corrected chi connectivity index (χ3v) is 3.46. The molecule has 1 heterocycles. The van der Waals surface area contributed by atoms with Crippen molar-refractivity contribution in [3.63, 3.8) is 0 Å². The summed E-state index contributed by atoms with van der Waals surface area (Å²) in [7, 11) is 0. The second-order valence-corrected chi connectivity index (χ2v) is 6.69. The van der Waals surface area contributed by atoms with Gasteiger partial charge in [0.15, 0.2) is 0 Å². The first-order valence-corrected chi connectivity index (χ1v) is 7.73. The third kappa shape index (κ3) is 5.13. The van der Waals surface area contributed by atoms with Crippen molar-refractivity contribution in [3.8, 4) is 0 Å². The van der Waals surface area contributed by atoms with Crippen molar-refractivity contribution in [2.75, 3.05) is 13.1 Å². The highest BCUT2D eigenvalue weighted by Crippen LogP contribution is 2.23. The Kier molecular flexibility index (Phi) is 5.08. The number of carboxylic acids is 1. The van der Waals surface area contributed by atoms with Crippen molar-refractivity contribution in [1.82, 2.24) is 4.90 Å². The summed E-state index contributed by atoms with van der Waals surface area (Å²) in [6, 6.07) is 7.46. The molecular formula is C18H23NO4. The zero-order chi connectivity index (χ0) is 17.0. The van der Waals surface area contributed by atoms with E-state index in [0.29, 0.717) is 13.1 Å². The Balaban J connectivity index is 2.11. The maximum absolute atomic E-state index is 12.2. The summed E-state index contributed by atoms with van der Waals surface area (Å²) in [5.41, 5.74) is 2.22. The number of rotatable bonds is 3. The van der Waals surface area contributed by atoms with Crippen LogP contribution >= 0.6 is 0 Å². The minimum Gasteiger partial charge on any atom is -0.481 e. The zero-order valence-corrected chi connectivity index (χ0v) is 13.8. The average molecular weight is 317 g/mol. The van der Waals surface area contributed by atoms with E-state index in [1.165, 1.54) is 0 Å². The Morgan fingerprint density at radius 2 is 2.04 bits per heavy atom. The van der Waals surface area contributed by atoms with Crippen LogP contribution in [-0.2, 0) is 16.0 Å². The van der Waals surface area contributed by atoms with Gasteiger partial charge in [-0.2, -0.15) is 0 Å². The number of nitrogens with zero attached hydrogens (tertiary/aromatic N) is 1. The molecule has 5 nitrogen and oxygen atoms in total. The SMILES string of the molecule is CC(C)(C)OC(=O)N1CCC=C(c2cccc(CC(=O)O)c2)C1. The predicted molar refractivity (Wildman–Crippen MR) is 88.2 cm³/mol. The molecule has 124 valence electrons. The van der Waals surface area contributed by atoms with Gasteiger partial charge in [-0.3, -0.25) is 4.79 Å². The van der Waals surface area contributed by atoms with Crippen LogP contribution in [0.25, 0.3) is 5.57 Å². The summed E-state index contributed by atoms with van der Waals surface area (Å²) < 4.78 is 5.42. The molecule has 0 aromatic heterocycles. The molecule has 0 saturated heterocycles. The second kappa shape index (κ2) is 6.86. The van der Waals surface area contributed by atoms with Gasteiger partial charge in [-0.15, -0.1) is 0 Å². The summed E-state index contributed by atoms with van der Waals surface area (Å²) >= 11 is 0. The van der Waals surface area contributed by atoms with Gasteiger partial charge in [-0.05, 0) is 43.9 Å². The molecule has 0 saturated carbocycles. The number of ether oxygens (including phenoxy) is 1. The minimum atomic E-state index is -0.852. The molecule has 0 radical (unpaired) electrons. The van der Waals surface area contributed by atoms with Gasteiger partial charge in [0.2, 0.25) is 0 Å². The van der Waals surface area contributed by atoms with Crippen LogP contribution in [0, 0.1) is 0 Å². The van der Waals surface area contributed by atoms with E-state index in [9.17, 15) is 9.59 Å². The van der Waals surface area contributed by atoms with Crippen LogP contribution in [0.4, 0.5) is 4.79 Å². The zero-order valence-electron chi connectivity index (χ0n) is 13.8. The highest BCUT2D eigenvalue weighted by molar-refractivity contribution is 5.76. The summed E-state index contributed by atoms with van der Waals surface area (Å²) in [6.07, 6.45) is 2.54. The minimum absolute atomic E-state index is 0.00308. The first kappa shape index (κ1) is 17.1. The fourth-order valence-electron chi connectivity index (χ4n) is 2.49. The molecule has 1 aromatic rings. The molecule has 0 bridgehead atoms. The summed E-state index contributed by atoms with van der Waals surface area (Å²) in [5.74, 6) is -0.852. The number of hydrogen-bond acceptors (Lipinski definition) is 3. The third-order valence-electron chi connectivity index (χ3n) is 3.46. The Morgan fingerprint density at radius 1 is 1.30 bits per heavy atom. The van der Waals surface area contributed by atoms with Crippen molar-refractivity contribution < 1.29 is 19.4 Å². The van der Waals surface area contributed by atoms with Crippen molar-refractivity contribution >= 4 is 17.6 Å². The highest BCUT2D eigenvalue weighted by Gasteiger charge is 2.24. The van der Waals surface area contributed by atoms with Gasteiger partial charge >= 0.3 is 12.1 Å². The lowest BCUT2D eigenvalue weighted by atomic mass is 9.98. The fourth-order valence-corrected chi connectivity index (χ4v) is 2.49. The predicted octanol–water partition coefficient (Wildman–Crippen LogP) is 3.34. The lowest BCUT2D eigenvalue weighted by Gasteiger charge is -2.30. The van der Waals surface area contributed by atoms with Gasteiger partial charge < -0.3 is 14.7 Å². The van der Waals surface area contributed by atoms with E-state index in [0.717, 1.165) is 23.1 Å². The van der Waals surface area contributed by atoms with Gasteiger partial charge in [0, 0.05) is 13.1 Å². The first-order chi connectivity index (χ1) is 10.7. The fraction of sp³-hybridized carbons (Fsp3) is 0.444. The van der Waals surface area contributed by atoms with Gasteiger partial charge in [-0.25, -0.2) is 4.79 Å². The molecule has 0 unspecified atom stereocenters. The van der Waals surface area contributed by atoms with Gasteiger partial charge in [0.1, 0.15) is 5.60 Å². The van der Waals surface area contributed by atoms with E-state index >= 15 is 0 Å². The average Bonchev–Trinajstić information content (AvgIpc) is 2.45. The smallest absolute Gasteiger partial charge is 0.410 e. The normalized spacial score (nSPS) is 15.1. The van der Waals surface area contributed by atoms with Crippen LogP contribution in [0.15, 0.2) is 30.3 Å². The van der Waals surface area contributed by atoms with Crippen molar-refractivity contribution in [2.24, 2.45) is 0 Å². The van der Waals surface area contributed by atoms with E-state index in [-0.39, 0.29) is 12.5 Å². The van der Waals surface area contributed by atoms with E-state index < -0.39 is 11.6 Å². The Labute approximate surface area is 136 Å². The second-order valence-electron chi connectivity index (χ2n) is 6.69. The number of amides is 1. The monoisotopic (exact) mass is 317 g/mol. The number of carbonyl (C=O) groups is 2. The molecule has 0 aliphatic carbocycles. The molecule has 5 heteroatoms. The van der Waals surface area contributed by atoms with Gasteiger partial charge in [0.25, 0.3) is 0 Å². The van der Waals surface area contributed by atoms with E-state index in [1.807, 2.05) is 39.0 Å². The number of hydrogen-bond donors (Lipinski definition) is 1. The van der Waals surface area contributed by atoms with E-state index in [1.54, 1.807) is 11.0 Å². The summed E-state index contributed by atoms with van der Waals surface area (Å²) in [4.78, 5) is 24.7. The Bertz CT molecular complexity index is 628. The van der Waals surface area contributed by atoms with Crippen LogP contribution in [0.2, 0.25) is 0 Å². The molecule has 0 atom stereocenters. The molecule has 1 aromatic carbocycles. The standard InChI is InChI=1S/C18H23NO4/c1-18(2,3)23-17(22)19-9-5-8-15(12-19)14-7-4-6-13(10-14)11-16(20)21/h4,6-8,10H,5,9,11-12H2,1-3H3,(H,20,21). The van der Waals surface area contributed by atoms with E-state index in [4.69, 9.17) is 9.84 Å². The molecule has 1 N–H and O–H groups in total. The lowest BCUT2D eigenvalue weighted by Crippen LogP contribution is -2.39. The van der Waals surface area contributed by atoms with Crippen molar-refractivity contribution in [1.29, 1.82) is 0 Å². The summed E-state index contributed by atoms with van der Waals surface area (Å²) in [5, 5.41) is 8.91. The molecule has 23 heavy (non-hydrogen) atoms. The molecule has 2 rings (SSSR count). The molecular weight excluding hydrogens is 294 g/mol. The van der Waals surface area contributed by atoms with Crippen LogP contribution in [0.3, 0.4) is 0 Å². The molecule has 0 spiro atoms. The highest BCUT2D eigenvalue weighted by atomic mass is 16.6. The van der Waals surface area contributed by atoms with Crippen LogP contribution in [-0.4, -0.2) is 40.8 Å². The van der Waals surface area contributed by atoms with Crippen molar-refractivity contribution in [2.45, 2.75) is 39.2 Å². The number of benzene rings is 1. The van der Waals surface area contributed by atoms with Crippen LogP contribution < -0.4 is 0 Å². The first-order valence-electron chi connectivity index (χ1n) is 7.73. The maximum Gasteiger partial charge on any atom is 0.410 e. The van der Waals surface area contributed by atoms with Crippen LogP contribution in [0.5, 0.6) is 0 Å². The number of carbonyl (C=O) groups excluding carboxylic acids is 1. The number of carboxylic acid groups (broad SMARTS) is 1. The van der Waals surface area contributed by atoms with Crippen molar-refractivity contribution in [3.05, 3.63) is 41.5 Å². The molecule has 0 fully saturated rings. The summed E-state index contributed by atoms with van der Waals surface area (Å²) in [6.45, 7) is 6.65. The Morgan fingerprint density at radius 3 is 2.70 bits per heavy atom. The largest absolute Gasteiger partial charge is 0.481 e. The number of aliphatic carboxylic acids is 1. The quantitative estimate of drug-likeness (QED) is 0.928. The molecule has 1 amide bonds. The molecule has 1 aliphatic heterocycles. The van der Waals surface area contributed by atoms with E-state index in [2.05, 4.69) is 6.08 Å². The van der Waals surface area contributed by atoms with Gasteiger partial charge in [0.05, 0.1) is 6.42 Å². The topological polar surface area (TPSA) is 66.8 Å². The molecule has 1 aliphatic rings. The maximum atomic E-state index is 12.2. The van der Waals surface area contributed by atoms with Crippen LogP contribution in [0.1, 0.15) is 38.3 Å². The lowest BCUT2D eigenvalue weighted by molar-refractivity contribution is -0.136. The van der Waals surface area contributed by atoms with Gasteiger partial charge in [-0.1, -0.05) is 30.3 Å².